The molecule has 1 aliphatic carbocycles. The topological polar surface area (TPSA) is 169 Å². The molecule has 0 aromatic carbocycles. The number of imide groups is 1. The summed E-state index contributed by atoms with van der Waals surface area (Å²) in [5.74, 6) is 7.59. The molecule has 0 radical (unpaired) electrons. The molecule has 9 heterocycles. The molecule has 0 spiro atoms. The number of rotatable bonds is 10. The van der Waals surface area contributed by atoms with Crippen molar-refractivity contribution in [3.8, 4) is 11.8 Å². The zero-order valence-electron chi connectivity index (χ0n) is 34.3. The second-order valence-electron chi connectivity index (χ2n) is 17.1. The minimum Gasteiger partial charge on any atom is -0.374 e. The van der Waals surface area contributed by atoms with Gasteiger partial charge in [0.2, 0.25) is 5.91 Å². The number of hydrogen-bond donors (Lipinski definition) is 2. The molecule has 10 rings (SSSR count). The van der Waals surface area contributed by atoms with E-state index >= 15 is 0 Å². The predicted octanol–water partition coefficient (Wildman–Crippen LogP) is 4.70. The summed E-state index contributed by atoms with van der Waals surface area (Å²) in [5, 5.41) is 13.6. The fourth-order valence-corrected chi connectivity index (χ4v) is 9.84. The van der Waals surface area contributed by atoms with Crippen molar-refractivity contribution in [3.63, 3.8) is 0 Å². The van der Waals surface area contributed by atoms with Crippen LogP contribution in [0.2, 0.25) is 0 Å². The number of piperidine rings is 1. The summed E-state index contributed by atoms with van der Waals surface area (Å²) in [6, 6.07) is 5.34. The van der Waals surface area contributed by atoms with Crippen molar-refractivity contribution >= 4 is 46.5 Å². The molecule has 5 aromatic heterocycles. The molecular weight excluding hydrogens is 803 g/mol. The van der Waals surface area contributed by atoms with Crippen molar-refractivity contribution in [2.45, 2.75) is 82.6 Å². The lowest BCUT2D eigenvalue weighted by atomic mass is 9.85. The molecule has 5 aliphatic rings. The number of nitrogens with zero attached hydrogens (tertiary/aromatic N) is 10. The van der Waals surface area contributed by atoms with Gasteiger partial charge in [-0.2, -0.15) is 10.2 Å². The Balaban J connectivity index is 0.701. The number of amides is 4. The van der Waals surface area contributed by atoms with Gasteiger partial charge in [0.05, 0.1) is 54.5 Å². The molecule has 17 nitrogen and oxygen atoms in total. The molecule has 5 fully saturated rings. The molecule has 4 aliphatic heterocycles. The van der Waals surface area contributed by atoms with Gasteiger partial charge in [-0.25, -0.2) is 28.1 Å². The number of ether oxygens (including phenoxy) is 2. The average Bonchev–Trinajstić information content (AvgIpc) is 4.12. The Kier molecular flexibility index (Phi) is 10.8. The number of pyridine rings is 1. The molecule has 324 valence electrons. The number of fused-ring (bicyclic) bond motifs is 4. The molecule has 5 aromatic rings. The van der Waals surface area contributed by atoms with E-state index in [4.69, 9.17) is 14.5 Å². The SMILES string of the molecule is C[C@@H]1CN(CC2CCC(n3cc(NC(=O)c4cnn5ccc(N6C[C@H]7C[C@@H]6CO7)nc45)c(C(F)F)n3)CC2)CC[C@H]1OCC#Cc1cccn2c(N3CCC(=O)NC3=O)cnc12. The van der Waals surface area contributed by atoms with Gasteiger partial charge < -0.3 is 24.6 Å². The summed E-state index contributed by atoms with van der Waals surface area (Å²) < 4.78 is 45.5. The third-order valence-corrected chi connectivity index (χ3v) is 13.1. The van der Waals surface area contributed by atoms with E-state index in [-0.39, 0.29) is 61.0 Å². The Morgan fingerprint density at radius 1 is 1.06 bits per heavy atom. The number of nitrogens with one attached hydrogen (secondary N) is 2. The number of urea groups is 1. The lowest BCUT2D eigenvalue weighted by Gasteiger charge is -2.39. The summed E-state index contributed by atoms with van der Waals surface area (Å²) in [7, 11) is 0. The second-order valence-corrected chi connectivity index (χ2v) is 17.1. The first-order chi connectivity index (χ1) is 30.1. The number of imidazole rings is 1. The Morgan fingerprint density at radius 3 is 2.71 bits per heavy atom. The van der Waals surface area contributed by atoms with Crippen molar-refractivity contribution in [1.29, 1.82) is 0 Å². The van der Waals surface area contributed by atoms with Gasteiger partial charge in [0, 0.05) is 57.7 Å². The maximum Gasteiger partial charge on any atom is 0.329 e. The lowest BCUT2D eigenvalue weighted by Crippen LogP contribution is -2.50. The van der Waals surface area contributed by atoms with Crippen molar-refractivity contribution < 1.29 is 32.6 Å². The van der Waals surface area contributed by atoms with Crippen LogP contribution in [0, 0.1) is 23.7 Å². The van der Waals surface area contributed by atoms with E-state index in [0.29, 0.717) is 41.1 Å². The van der Waals surface area contributed by atoms with Crippen molar-refractivity contribution in [3.05, 3.63) is 66.0 Å². The van der Waals surface area contributed by atoms with Gasteiger partial charge in [0.1, 0.15) is 23.8 Å². The maximum absolute atomic E-state index is 14.3. The number of carbonyl (C=O) groups excluding carboxylic acids is 3. The van der Waals surface area contributed by atoms with Crippen LogP contribution in [0.1, 0.15) is 86.0 Å². The Morgan fingerprint density at radius 2 is 1.94 bits per heavy atom. The van der Waals surface area contributed by atoms with Gasteiger partial charge in [0.15, 0.2) is 17.0 Å². The van der Waals surface area contributed by atoms with Crippen LogP contribution < -0.4 is 20.4 Å². The van der Waals surface area contributed by atoms with Gasteiger partial charge in [0.25, 0.3) is 12.3 Å². The largest absolute Gasteiger partial charge is 0.374 e. The van der Waals surface area contributed by atoms with Crippen LogP contribution in [0.5, 0.6) is 0 Å². The third-order valence-electron chi connectivity index (χ3n) is 13.1. The van der Waals surface area contributed by atoms with E-state index in [1.807, 2.05) is 24.4 Å². The lowest BCUT2D eigenvalue weighted by molar-refractivity contribution is -0.120. The summed E-state index contributed by atoms with van der Waals surface area (Å²) in [5.41, 5.74) is 1.44. The number of carbonyl (C=O) groups is 3. The molecule has 4 amide bonds. The predicted molar refractivity (Wildman–Crippen MR) is 222 cm³/mol. The minimum absolute atomic E-state index is 0.00364. The van der Waals surface area contributed by atoms with Crippen LogP contribution in [0.4, 0.5) is 30.9 Å². The Labute approximate surface area is 355 Å². The molecule has 4 saturated heterocycles. The van der Waals surface area contributed by atoms with E-state index in [0.717, 1.165) is 70.5 Å². The number of hydrogen-bond acceptors (Lipinski definition) is 11. The average molecular weight is 851 g/mol. The van der Waals surface area contributed by atoms with Crippen LogP contribution in [0.25, 0.3) is 11.3 Å². The standard InChI is InChI=1S/C43H48F2N12O5/c1-26-21-52(14-10-34(26)61-17-3-5-28-4-2-13-53-37(20-46-40(28)53)54-15-12-36(58)50-43(54)60)22-27-6-8-29(9-7-27)57-24-33(38(51-57)39(44)45)48-42(59)32-19-47-56-16-11-35(49-41(32)56)55-23-31-18-30(55)25-62-31/h2,4,11,13,16,19-20,24,26-27,29-31,34,39H,6-10,12,14-15,17-18,21-23,25H2,1H3,(H,48,59)(H,50,58,60)/t26-,27?,29?,30-,31-,34-/m1/s1. The number of likely N-dealkylation sites (tertiary alicyclic amines) is 1. The summed E-state index contributed by atoms with van der Waals surface area (Å²) in [6.07, 6.45) is 11.2. The zero-order valence-corrected chi connectivity index (χ0v) is 34.3. The normalized spacial score (nSPS) is 25.5. The van der Waals surface area contributed by atoms with Gasteiger partial charge in [-0.05, 0) is 68.6 Å². The first-order valence-corrected chi connectivity index (χ1v) is 21.5. The van der Waals surface area contributed by atoms with Crippen molar-refractivity contribution in [2.75, 3.05) is 61.1 Å². The number of alkyl halides is 2. The summed E-state index contributed by atoms with van der Waals surface area (Å²) in [4.78, 5) is 53.0. The van der Waals surface area contributed by atoms with Gasteiger partial charge in [-0.15, -0.1) is 0 Å². The van der Waals surface area contributed by atoms with E-state index in [2.05, 4.69) is 54.4 Å². The van der Waals surface area contributed by atoms with Crippen molar-refractivity contribution in [2.24, 2.45) is 11.8 Å². The monoisotopic (exact) mass is 850 g/mol. The van der Waals surface area contributed by atoms with Gasteiger partial charge in [-0.3, -0.25) is 28.9 Å². The van der Waals surface area contributed by atoms with Gasteiger partial charge in [-0.1, -0.05) is 18.8 Å². The van der Waals surface area contributed by atoms with Crippen LogP contribution in [0.3, 0.4) is 0 Å². The molecule has 0 unspecified atom stereocenters. The fourth-order valence-electron chi connectivity index (χ4n) is 9.84. The van der Waals surface area contributed by atoms with E-state index in [1.54, 1.807) is 27.7 Å². The van der Waals surface area contributed by atoms with Crippen LogP contribution >= 0.6 is 0 Å². The highest BCUT2D eigenvalue weighted by Gasteiger charge is 2.40. The molecule has 19 heteroatoms. The van der Waals surface area contributed by atoms with E-state index in [1.165, 1.54) is 15.6 Å². The van der Waals surface area contributed by atoms with E-state index in [9.17, 15) is 23.2 Å². The molecule has 62 heavy (non-hydrogen) atoms. The minimum atomic E-state index is -2.86. The van der Waals surface area contributed by atoms with E-state index < -0.39 is 24.1 Å². The Hall–Kier alpha value is -5.97. The first kappa shape index (κ1) is 40.1. The fraction of sp³-hybridized carbons (Fsp3) is 0.512. The third kappa shape index (κ3) is 7.86. The summed E-state index contributed by atoms with van der Waals surface area (Å²) in [6.45, 7) is 6.98. The highest BCUT2D eigenvalue weighted by molar-refractivity contribution is 6.08. The van der Waals surface area contributed by atoms with Gasteiger partial charge >= 0.3 is 6.03 Å². The highest BCUT2D eigenvalue weighted by Crippen LogP contribution is 2.37. The molecular formula is C43H48F2N12O5. The Bertz CT molecular complexity index is 2570. The number of halogens is 2. The quantitative estimate of drug-likeness (QED) is 0.187. The molecule has 2 bridgehead atoms. The van der Waals surface area contributed by atoms with Crippen molar-refractivity contribution in [1.82, 2.24) is 44.0 Å². The van der Waals surface area contributed by atoms with Crippen LogP contribution in [-0.2, 0) is 14.3 Å². The summed E-state index contributed by atoms with van der Waals surface area (Å²) >= 11 is 0. The smallest absolute Gasteiger partial charge is 0.329 e. The molecule has 2 N–H and O–H groups in total. The number of morpholine rings is 1. The van der Waals surface area contributed by atoms with Crippen LogP contribution in [0.15, 0.2) is 49.2 Å². The first-order valence-electron chi connectivity index (χ1n) is 21.5. The number of aromatic nitrogens is 7. The van der Waals surface area contributed by atoms with Crippen LogP contribution in [-0.4, -0.2) is 121 Å². The molecule has 1 saturated carbocycles. The maximum atomic E-state index is 14.3. The second kappa shape index (κ2) is 16.7. The molecule has 4 atom stereocenters. The zero-order chi connectivity index (χ0) is 42.5. The number of anilines is 3. The highest BCUT2D eigenvalue weighted by atomic mass is 19.3.